The second kappa shape index (κ2) is 13.8. The minimum absolute atomic E-state index is 0.00562. The molecule has 0 radical (unpaired) electrons. The SMILES string of the molecule is CC(C)[C@H]1C(=O)N2C(C(=O)OC(=O)c3ccc([N+](=O)[O-])cc3)=C(COc3cccc4c(CN5CCN(CC(N)=O)CC5)cccc34)[C@H](C)[C@H]12. The van der Waals surface area contributed by atoms with Crippen molar-refractivity contribution < 1.29 is 33.6 Å². The summed E-state index contributed by atoms with van der Waals surface area (Å²) in [6.45, 7) is 10.00. The zero-order valence-corrected chi connectivity index (χ0v) is 27.7. The molecule has 2 amide bonds. The topological polar surface area (TPSA) is 166 Å². The number of benzene rings is 3. The summed E-state index contributed by atoms with van der Waals surface area (Å²) in [6, 6.07) is 16.3. The molecule has 3 atom stereocenters. The number of nitrogens with zero attached hydrogens (tertiary/aromatic N) is 4. The van der Waals surface area contributed by atoms with Crippen molar-refractivity contribution in [1.29, 1.82) is 0 Å². The first-order chi connectivity index (χ1) is 23.4. The van der Waals surface area contributed by atoms with Gasteiger partial charge in [-0.3, -0.25) is 29.5 Å². The first-order valence-electron chi connectivity index (χ1n) is 16.4. The molecule has 0 bridgehead atoms. The average Bonchev–Trinajstić information content (AvgIpc) is 3.31. The van der Waals surface area contributed by atoms with E-state index in [1.807, 2.05) is 51.1 Å². The number of hydrogen-bond acceptors (Lipinski definition) is 10. The minimum Gasteiger partial charge on any atom is -0.488 e. The van der Waals surface area contributed by atoms with Crippen molar-refractivity contribution in [2.75, 3.05) is 39.3 Å². The van der Waals surface area contributed by atoms with Crippen LogP contribution in [-0.2, 0) is 25.7 Å². The van der Waals surface area contributed by atoms with Gasteiger partial charge in [0.15, 0.2) is 0 Å². The Hall–Kier alpha value is -5.14. The molecule has 3 heterocycles. The van der Waals surface area contributed by atoms with Crippen molar-refractivity contribution in [2.45, 2.75) is 33.4 Å². The van der Waals surface area contributed by atoms with Crippen molar-refractivity contribution in [3.05, 3.63) is 93.2 Å². The van der Waals surface area contributed by atoms with Gasteiger partial charge in [0.05, 0.1) is 29.0 Å². The van der Waals surface area contributed by atoms with E-state index in [1.165, 1.54) is 17.0 Å². The summed E-state index contributed by atoms with van der Waals surface area (Å²) in [5, 5.41) is 12.9. The maximum absolute atomic E-state index is 13.6. The Morgan fingerprint density at radius 3 is 2.24 bits per heavy atom. The molecule has 256 valence electrons. The lowest BCUT2D eigenvalue weighted by atomic mass is 9.74. The fourth-order valence-corrected chi connectivity index (χ4v) is 7.25. The van der Waals surface area contributed by atoms with Gasteiger partial charge in [-0.1, -0.05) is 51.1 Å². The molecule has 13 heteroatoms. The number of amides is 2. The van der Waals surface area contributed by atoms with Crippen molar-refractivity contribution in [1.82, 2.24) is 14.7 Å². The van der Waals surface area contributed by atoms with E-state index in [-0.39, 0.29) is 65.7 Å². The lowest BCUT2D eigenvalue weighted by Gasteiger charge is -2.47. The third-order valence-electron chi connectivity index (χ3n) is 9.80. The highest BCUT2D eigenvalue weighted by molar-refractivity contribution is 6.06. The number of nitro groups is 1. The van der Waals surface area contributed by atoms with Gasteiger partial charge in [0.25, 0.3) is 5.69 Å². The summed E-state index contributed by atoms with van der Waals surface area (Å²) in [6.07, 6.45) is 0. The van der Waals surface area contributed by atoms with E-state index in [0.29, 0.717) is 11.3 Å². The van der Waals surface area contributed by atoms with E-state index in [1.54, 1.807) is 0 Å². The number of fused-ring (bicyclic) bond motifs is 2. The van der Waals surface area contributed by atoms with Crippen LogP contribution in [0, 0.1) is 27.9 Å². The molecule has 0 spiro atoms. The summed E-state index contributed by atoms with van der Waals surface area (Å²) in [5.41, 5.74) is 6.82. The average molecular weight is 670 g/mol. The summed E-state index contributed by atoms with van der Waals surface area (Å²) in [5.74, 6) is -2.36. The van der Waals surface area contributed by atoms with Crippen LogP contribution < -0.4 is 10.5 Å². The molecule has 0 aromatic heterocycles. The number of carbonyl (C=O) groups excluding carboxylic acids is 4. The number of ether oxygens (including phenoxy) is 2. The second-order valence-electron chi connectivity index (χ2n) is 13.2. The normalized spacial score (nSPS) is 21.1. The highest BCUT2D eigenvalue weighted by Gasteiger charge is 2.59. The summed E-state index contributed by atoms with van der Waals surface area (Å²) in [7, 11) is 0. The predicted molar refractivity (Wildman–Crippen MR) is 179 cm³/mol. The largest absolute Gasteiger partial charge is 0.488 e. The molecule has 2 N–H and O–H groups in total. The van der Waals surface area contributed by atoms with Crippen LogP contribution in [0.4, 0.5) is 5.69 Å². The summed E-state index contributed by atoms with van der Waals surface area (Å²) >= 11 is 0. The lowest BCUT2D eigenvalue weighted by Crippen LogP contribution is -2.62. The van der Waals surface area contributed by atoms with Crippen LogP contribution in [0.25, 0.3) is 10.8 Å². The zero-order valence-electron chi connectivity index (χ0n) is 27.7. The van der Waals surface area contributed by atoms with Gasteiger partial charge in [-0.15, -0.1) is 0 Å². The van der Waals surface area contributed by atoms with E-state index in [2.05, 4.69) is 15.9 Å². The Bertz CT molecular complexity index is 1850. The molecular weight excluding hydrogens is 630 g/mol. The standard InChI is InChI=1S/C36H39N5O8/c1-21(2)31-32-22(3)28(33(40(32)34(31)43)36(45)49-35(44)23-10-12-25(13-11-23)41(46)47)20-48-29-9-5-7-26-24(6-4-8-27(26)29)18-38-14-16-39(17-15-38)19-30(37)42/h4-13,21-22,31-32H,14-20H2,1-3H3,(H2,37,42)/t22-,31+,32+/m0/s1. The van der Waals surface area contributed by atoms with Gasteiger partial charge < -0.3 is 20.1 Å². The smallest absolute Gasteiger partial charge is 0.363 e. The number of piperazine rings is 1. The molecule has 3 aromatic rings. The van der Waals surface area contributed by atoms with Crippen molar-refractivity contribution in [3.63, 3.8) is 0 Å². The second-order valence-corrected chi connectivity index (χ2v) is 13.2. The van der Waals surface area contributed by atoms with Crippen LogP contribution in [-0.4, -0.2) is 88.7 Å². The zero-order chi connectivity index (χ0) is 35.0. The fraction of sp³-hybridized carbons (Fsp3) is 0.389. The molecule has 0 aliphatic carbocycles. The number of non-ortho nitro benzene ring substituents is 1. The number of carbonyl (C=O) groups is 4. The number of β-lactam (4-membered cyclic amide) rings is 1. The van der Waals surface area contributed by atoms with Crippen LogP contribution in [0.3, 0.4) is 0 Å². The molecule has 3 aromatic carbocycles. The van der Waals surface area contributed by atoms with Gasteiger partial charge in [0, 0.05) is 61.7 Å². The Morgan fingerprint density at radius 2 is 1.59 bits per heavy atom. The van der Waals surface area contributed by atoms with Crippen LogP contribution in [0.2, 0.25) is 0 Å². The van der Waals surface area contributed by atoms with Gasteiger partial charge in [-0.05, 0) is 35.1 Å². The Balaban J connectivity index is 1.23. The first kappa shape index (κ1) is 33.7. The van der Waals surface area contributed by atoms with Gasteiger partial charge in [0.2, 0.25) is 11.8 Å². The van der Waals surface area contributed by atoms with E-state index in [4.69, 9.17) is 15.2 Å². The van der Waals surface area contributed by atoms with Gasteiger partial charge in [-0.25, -0.2) is 9.59 Å². The molecule has 0 saturated carbocycles. The molecule has 3 aliphatic rings. The molecule has 0 unspecified atom stereocenters. The molecular formula is C36H39N5O8. The maximum atomic E-state index is 13.6. The van der Waals surface area contributed by atoms with E-state index in [0.717, 1.165) is 61.2 Å². The van der Waals surface area contributed by atoms with E-state index in [9.17, 15) is 29.3 Å². The third-order valence-corrected chi connectivity index (χ3v) is 9.80. The first-order valence-corrected chi connectivity index (χ1v) is 16.4. The Kier molecular flexibility index (Phi) is 9.48. The number of esters is 2. The van der Waals surface area contributed by atoms with E-state index < -0.39 is 16.9 Å². The predicted octanol–water partition coefficient (Wildman–Crippen LogP) is 3.50. The summed E-state index contributed by atoms with van der Waals surface area (Å²) in [4.78, 5) is 67.4. The number of nitrogens with two attached hydrogens (primary N) is 1. The lowest BCUT2D eigenvalue weighted by molar-refractivity contribution is -0.384. The van der Waals surface area contributed by atoms with Crippen LogP contribution in [0.1, 0.15) is 36.7 Å². The number of rotatable bonds is 11. The monoisotopic (exact) mass is 669 g/mol. The highest BCUT2D eigenvalue weighted by atomic mass is 16.6. The number of hydrogen-bond donors (Lipinski definition) is 1. The molecule has 49 heavy (non-hydrogen) atoms. The van der Waals surface area contributed by atoms with Crippen molar-refractivity contribution in [3.8, 4) is 5.75 Å². The molecule has 6 rings (SSSR count). The fourth-order valence-electron chi connectivity index (χ4n) is 7.25. The molecule has 2 saturated heterocycles. The Morgan fingerprint density at radius 1 is 0.939 bits per heavy atom. The quantitative estimate of drug-likeness (QED) is 0.105. The van der Waals surface area contributed by atoms with E-state index >= 15 is 0 Å². The minimum atomic E-state index is -0.979. The van der Waals surface area contributed by atoms with Gasteiger partial charge in [-0.2, -0.15) is 0 Å². The summed E-state index contributed by atoms with van der Waals surface area (Å²) < 4.78 is 11.7. The van der Waals surface area contributed by atoms with Crippen LogP contribution in [0.5, 0.6) is 5.75 Å². The van der Waals surface area contributed by atoms with Gasteiger partial charge in [0.1, 0.15) is 18.1 Å². The highest BCUT2D eigenvalue weighted by Crippen LogP contribution is 2.49. The molecule has 13 nitrogen and oxygen atoms in total. The molecule has 3 aliphatic heterocycles. The number of primary amides is 1. The van der Waals surface area contributed by atoms with Crippen molar-refractivity contribution in [2.24, 2.45) is 23.5 Å². The maximum Gasteiger partial charge on any atom is 0.363 e. The third kappa shape index (κ3) is 6.63. The van der Waals surface area contributed by atoms with Gasteiger partial charge >= 0.3 is 11.9 Å². The van der Waals surface area contributed by atoms with Crippen LogP contribution >= 0.6 is 0 Å². The molecule has 2 fully saturated rings. The van der Waals surface area contributed by atoms with Crippen molar-refractivity contribution >= 4 is 40.2 Å². The number of nitro benzene ring substituents is 1. The van der Waals surface area contributed by atoms with Crippen LogP contribution in [0.15, 0.2) is 71.9 Å². The Labute approximate surface area is 283 Å².